The lowest BCUT2D eigenvalue weighted by atomic mass is 9.98. The predicted octanol–water partition coefficient (Wildman–Crippen LogP) is 2.34. The maximum Gasteiger partial charge on any atom is 0.339 e. The Morgan fingerprint density at radius 3 is 2.59 bits per heavy atom. The Bertz CT molecular complexity index is 475. The van der Waals surface area contributed by atoms with Crippen LogP contribution in [0.1, 0.15) is 31.8 Å². The van der Waals surface area contributed by atoms with Crippen molar-refractivity contribution in [1.29, 1.82) is 0 Å². The predicted molar refractivity (Wildman–Crippen MR) is 63.4 cm³/mol. The first-order chi connectivity index (χ1) is 7.99. The van der Waals surface area contributed by atoms with Crippen LogP contribution in [-0.2, 0) is 4.74 Å². The largest absolute Gasteiger partial charge is 0.478 e. The van der Waals surface area contributed by atoms with Gasteiger partial charge in [-0.25, -0.2) is 9.59 Å². The van der Waals surface area contributed by atoms with Crippen LogP contribution in [0, 0.1) is 13.8 Å². The topological polar surface area (TPSA) is 63.6 Å². The van der Waals surface area contributed by atoms with E-state index < -0.39 is 11.9 Å². The third kappa shape index (κ3) is 2.72. The number of hydrogen-bond acceptors (Lipinski definition) is 3. The zero-order valence-corrected chi connectivity index (χ0v) is 9.82. The van der Waals surface area contributed by atoms with Gasteiger partial charge in [-0.3, -0.25) is 0 Å². The molecule has 0 saturated carbocycles. The fourth-order valence-corrected chi connectivity index (χ4v) is 1.47. The van der Waals surface area contributed by atoms with E-state index in [0.717, 1.165) is 5.56 Å². The number of carbonyl (C=O) groups excluding carboxylic acids is 1. The molecule has 0 aliphatic carbocycles. The first-order valence-electron chi connectivity index (χ1n) is 5.10. The molecule has 0 aliphatic rings. The second-order valence-electron chi connectivity index (χ2n) is 3.62. The summed E-state index contributed by atoms with van der Waals surface area (Å²) in [6.07, 6.45) is 1.43. The highest BCUT2D eigenvalue weighted by molar-refractivity contribution is 6.03. The van der Waals surface area contributed by atoms with Crippen molar-refractivity contribution in [1.82, 2.24) is 0 Å². The van der Waals surface area contributed by atoms with Gasteiger partial charge in [0.2, 0.25) is 0 Å². The van der Waals surface area contributed by atoms with Crippen molar-refractivity contribution < 1.29 is 19.4 Å². The highest BCUT2D eigenvalue weighted by Crippen LogP contribution is 2.19. The second-order valence-corrected chi connectivity index (χ2v) is 3.62. The van der Waals surface area contributed by atoms with Gasteiger partial charge < -0.3 is 9.84 Å². The van der Waals surface area contributed by atoms with Crippen molar-refractivity contribution in [2.45, 2.75) is 13.8 Å². The quantitative estimate of drug-likeness (QED) is 0.641. The van der Waals surface area contributed by atoms with Gasteiger partial charge >= 0.3 is 11.9 Å². The molecule has 0 unspecified atom stereocenters. The van der Waals surface area contributed by atoms with Gasteiger partial charge in [0.05, 0.1) is 11.1 Å². The van der Waals surface area contributed by atoms with Crippen molar-refractivity contribution >= 4 is 11.9 Å². The molecule has 0 radical (unpaired) electrons. The molecule has 1 rings (SSSR count). The average Bonchev–Trinajstić information content (AvgIpc) is 2.28. The normalized spacial score (nSPS) is 9.76. The van der Waals surface area contributed by atoms with Crippen LogP contribution in [0.5, 0.6) is 0 Å². The van der Waals surface area contributed by atoms with Crippen LogP contribution in [0.2, 0.25) is 0 Å². The number of carboxylic acids is 1. The van der Waals surface area contributed by atoms with Crippen LogP contribution in [-0.4, -0.2) is 23.7 Å². The molecule has 0 aromatic heterocycles. The van der Waals surface area contributed by atoms with Crippen molar-refractivity contribution in [3.63, 3.8) is 0 Å². The van der Waals surface area contributed by atoms with Crippen LogP contribution in [0.4, 0.5) is 0 Å². The summed E-state index contributed by atoms with van der Waals surface area (Å²) in [7, 11) is 0. The highest BCUT2D eigenvalue weighted by atomic mass is 16.5. The third-order valence-electron chi connectivity index (χ3n) is 2.50. The van der Waals surface area contributed by atoms with Gasteiger partial charge in [0, 0.05) is 0 Å². The number of carbonyl (C=O) groups is 2. The molecule has 90 valence electrons. The summed E-state index contributed by atoms with van der Waals surface area (Å²) in [5.74, 6) is -1.78. The van der Waals surface area contributed by atoms with Gasteiger partial charge in [-0.1, -0.05) is 18.7 Å². The zero-order chi connectivity index (χ0) is 13.0. The van der Waals surface area contributed by atoms with E-state index in [2.05, 4.69) is 6.58 Å². The summed E-state index contributed by atoms with van der Waals surface area (Å²) in [4.78, 5) is 22.8. The molecule has 1 N–H and O–H groups in total. The first kappa shape index (κ1) is 13.0. The molecule has 0 saturated heterocycles. The van der Waals surface area contributed by atoms with Gasteiger partial charge in [-0.15, -0.1) is 0 Å². The van der Waals surface area contributed by atoms with E-state index in [1.165, 1.54) is 12.1 Å². The Balaban J connectivity index is 3.24. The van der Waals surface area contributed by atoms with E-state index in [-0.39, 0.29) is 17.7 Å². The summed E-state index contributed by atoms with van der Waals surface area (Å²) >= 11 is 0. The number of ether oxygens (including phenoxy) is 1. The Kier molecular flexibility index (Phi) is 4.04. The average molecular weight is 234 g/mol. The third-order valence-corrected chi connectivity index (χ3v) is 2.50. The molecule has 0 aliphatic heterocycles. The molecule has 4 heteroatoms. The summed E-state index contributed by atoms with van der Waals surface area (Å²) in [6, 6.07) is 3.17. The lowest BCUT2D eigenvalue weighted by Gasteiger charge is -2.10. The van der Waals surface area contributed by atoms with E-state index >= 15 is 0 Å². The SMILES string of the molecule is C=CCOC(=O)c1ccc(C)c(C)c1C(=O)O. The van der Waals surface area contributed by atoms with Gasteiger partial charge in [0.15, 0.2) is 0 Å². The number of carboxylic acid groups (broad SMARTS) is 1. The van der Waals surface area contributed by atoms with Crippen LogP contribution in [0.15, 0.2) is 24.8 Å². The Morgan fingerprint density at radius 1 is 1.41 bits per heavy atom. The highest BCUT2D eigenvalue weighted by Gasteiger charge is 2.20. The first-order valence-corrected chi connectivity index (χ1v) is 5.10. The molecule has 0 atom stereocenters. The molecule has 1 aromatic carbocycles. The number of hydrogen-bond donors (Lipinski definition) is 1. The fourth-order valence-electron chi connectivity index (χ4n) is 1.47. The standard InChI is InChI=1S/C13H14O4/c1-4-7-17-13(16)10-6-5-8(2)9(3)11(10)12(14)15/h4-6H,1,7H2,2-3H3,(H,14,15). The molecular weight excluding hydrogens is 220 g/mol. The van der Waals surface area contributed by atoms with Crippen molar-refractivity contribution in [2.24, 2.45) is 0 Å². The molecule has 4 nitrogen and oxygen atoms in total. The van der Waals surface area contributed by atoms with Crippen LogP contribution < -0.4 is 0 Å². The number of benzene rings is 1. The molecule has 0 spiro atoms. The maximum absolute atomic E-state index is 11.7. The Hall–Kier alpha value is -2.10. The molecule has 1 aromatic rings. The molecule has 17 heavy (non-hydrogen) atoms. The molecule has 0 fully saturated rings. The van der Waals surface area contributed by atoms with E-state index in [1.807, 2.05) is 0 Å². The van der Waals surface area contributed by atoms with E-state index in [1.54, 1.807) is 19.9 Å². The second kappa shape index (κ2) is 5.30. The lowest BCUT2D eigenvalue weighted by molar-refractivity contribution is 0.0536. The minimum Gasteiger partial charge on any atom is -0.478 e. The maximum atomic E-state index is 11.7. The summed E-state index contributed by atoms with van der Waals surface area (Å²) in [5, 5.41) is 9.12. The summed E-state index contributed by atoms with van der Waals surface area (Å²) < 4.78 is 4.84. The number of esters is 1. The fraction of sp³-hybridized carbons (Fsp3) is 0.231. The van der Waals surface area contributed by atoms with Crippen LogP contribution >= 0.6 is 0 Å². The van der Waals surface area contributed by atoms with Crippen LogP contribution in [0.25, 0.3) is 0 Å². The number of aryl methyl sites for hydroxylation is 1. The Labute approximate surface area is 99.5 Å². The summed E-state index contributed by atoms with van der Waals surface area (Å²) in [5.41, 5.74) is 1.47. The van der Waals surface area contributed by atoms with Gasteiger partial charge in [0.1, 0.15) is 6.61 Å². The molecule has 0 amide bonds. The van der Waals surface area contributed by atoms with Crippen LogP contribution in [0.3, 0.4) is 0 Å². The van der Waals surface area contributed by atoms with Gasteiger partial charge in [-0.05, 0) is 31.0 Å². The monoisotopic (exact) mass is 234 g/mol. The summed E-state index contributed by atoms with van der Waals surface area (Å²) in [6.45, 7) is 6.94. The van der Waals surface area contributed by atoms with Crippen molar-refractivity contribution in [3.8, 4) is 0 Å². The van der Waals surface area contributed by atoms with E-state index in [0.29, 0.717) is 5.56 Å². The molecule has 0 heterocycles. The smallest absolute Gasteiger partial charge is 0.339 e. The Morgan fingerprint density at radius 2 is 2.06 bits per heavy atom. The minimum atomic E-state index is -1.13. The van der Waals surface area contributed by atoms with Gasteiger partial charge in [0.25, 0.3) is 0 Å². The molecular formula is C13H14O4. The number of rotatable bonds is 4. The minimum absolute atomic E-state index is 0.000868. The van der Waals surface area contributed by atoms with Gasteiger partial charge in [-0.2, -0.15) is 0 Å². The van der Waals surface area contributed by atoms with E-state index in [4.69, 9.17) is 9.84 Å². The van der Waals surface area contributed by atoms with Crippen molar-refractivity contribution in [2.75, 3.05) is 6.61 Å². The number of aromatic carboxylic acids is 1. The zero-order valence-electron chi connectivity index (χ0n) is 9.82. The van der Waals surface area contributed by atoms with Crippen molar-refractivity contribution in [3.05, 3.63) is 47.0 Å². The molecule has 0 bridgehead atoms. The van der Waals surface area contributed by atoms with E-state index in [9.17, 15) is 9.59 Å². The lowest BCUT2D eigenvalue weighted by Crippen LogP contribution is -2.14.